The largest absolute Gasteiger partial charge is 0.392 e. The fourth-order valence-electron chi connectivity index (χ4n) is 3.06. The number of rotatable bonds is 5. The highest BCUT2D eigenvalue weighted by molar-refractivity contribution is 6.30. The van der Waals surface area contributed by atoms with Crippen LogP contribution < -0.4 is 0 Å². The number of halogens is 1. The summed E-state index contributed by atoms with van der Waals surface area (Å²) in [6, 6.07) is 12.7. The van der Waals surface area contributed by atoms with Crippen LogP contribution in [0.25, 0.3) is 5.57 Å². The lowest BCUT2D eigenvalue weighted by Gasteiger charge is -2.26. The minimum Gasteiger partial charge on any atom is -0.392 e. The van der Waals surface area contributed by atoms with E-state index >= 15 is 0 Å². The third kappa shape index (κ3) is 4.76. The summed E-state index contributed by atoms with van der Waals surface area (Å²) in [7, 11) is 0. The van der Waals surface area contributed by atoms with Crippen molar-refractivity contribution in [2.45, 2.75) is 13.2 Å². The first-order chi connectivity index (χ1) is 13.1. The lowest BCUT2D eigenvalue weighted by Crippen LogP contribution is -2.39. The van der Waals surface area contributed by atoms with E-state index in [2.05, 4.69) is 0 Å². The molecule has 2 aromatic rings. The van der Waals surface area contributed by atoms with Gasteiger partial charge >= 0.3 is 0 Å². The molecule has 1 aliphatic rings. The van der Waals surface area contributed by atoms with E-state index in [0.29, 0.717) is 42.5 Å². The maximum atomic E-state index is 12.8. The summed E-state index contributed by atoms with van der Waals surface area (Å²) in [6.07, 6.45) is 1.61. The fraction of sp³-hybridized carbons (Fsp3) is 0.286. The monoisotopic (exact) mass is 387 g/mol. The number of amides is 1. The highest BCUT2D eigenvalue weighted by Gasteiger charge is 2.17. The number of ether oxygens (including phenoxy) is 1. The van der Waals surface area contributed by atoms with Gasteiger partial charge in [-0.3, -0.25) is 4.79 Å². The van der Waals surface area contributed by atoms with Crippen molar-refractivity contribution in [3.63, 3.8) is 0 Å². The van der Waals surface area contributed by atoms with Crippen molar-refractivity contribution in [1.29, 1.82) is 0 Å². The predicted molar refractivity (Wildman–Crippen MR) is 104 cm³/mol. The Bertz CT molecular complexity index is 827. The van der Waals surface area contributed by atoms with Crippen molar-refractivity contribution < 1.29 is 19.7 Å². The molecule has 0 bridgehead atoms. The Balaban J connectivity index is 2.03. The van der Waals surface area contributed by atoms with Crippen LogP contribution in [0.5, 0.6) is 0 Å². The molecule has 5 nitrogen and oxygen atoms in total. The number of nitrogens with zero attached hydrogens (tertiary/aromatic N) is 1. The molecule has 27 heavy (non-hydrogen) atoms. The second-order valence-electron chi connectivity index (χ2n) is 6.30. The first-order valence-corrected chi connectivity index (χ1v) is 9.18. The highest BCUT2D eigenvalue weighted by Crippen LogP contribution is 2.27. The zero-order valence-electron chi connectivity index (χ0n) is 14.9. The second-order valence-corrected chi connectivity index (χ2v) is 6.74. The first-order valence-electron chi connectivity index (χ1n) is 8.80. The number of hydrogen-bond acceptors (Lipinski definition) is 4. The summed E-state index contributed by atoms with van der Waals surface area (Å²) < 4.78 is 5.31. The van der Waals surface area contributed by atoms with E-state index in [9.17, 15) is 15.0 Å². The van der Waals surface area contributed by atoms with E-state index in [4.69, 9.17) is 16.3 Å². The molecular weight excluding hydrogens is 366 g/mol. The van der Waals surface area contributed by atoms with Crippen LogP contribution in [0.2, 0.25) is 5.02 Å². The molecule has 1 amide bonds. The normalized spacial score (nSPS) is 15.1. The van der Waals surface area contributed by atoms with Crippen molar-refractivity contribution in [2.24, 2.45) is 0 Å². The van der Waals surface area contributed by atoms with E-state index in [-0.39, 0.29) is 19.1 Å². The average Bonchev–Trinajstić information content (AvgIpc) is 2.72. The molecule has 2 N–H and O–H groups in total. The van der Waals surface area contributed by atoms with Gasteiger partial charge in [0.1, 0.15) is 0 Å². The van der Waals surface area contributed by atoms with E-state index in [1.54, 1.807) is 35.2 Å². The van der Waals surface area contributed by atoms with Crippen LogP contribution in [-0.2, 0) is 22.7 Å². The second kappa shape index (κ2) is 9.15. The fourth-order valence-corrected chi connectivity index (χ4v) is 3.18. The van der Waals surface area contributed by atoms with Crippen LogP contribution in [0.1, 0.15) is 22.3 Å². The molecule has 1 aliphatic heterocycles. The third-order valence-corrected chi connectivity index (χ3v) is 4.86. The van der Waals surface area contributed by atoms with Gasteiger partial charge in [-0.1, -0.05) is 35.9 Å². The van der Waals surface area contributed by atoms with Crippen molar-refractivity contribution >= 4 is 23.1 Å². The first kappa shape index (κ1) is 19.6. The van der Waals surface area contributed by atoms with Gasteiger partial charge in [0, 0.05) is 24.2 Å². The molecule has 0 saturated carbocycles. The van der Waals surface area contributed by atoms with Crippen molar-refractivity contribution in [2.75, 3.05) is 26.3 Å². The van der Waals surface area contributed by atoms with Crippen molar-refractivity contribution in [3.05, 3.63) is 75.8 Å². The van der Waals surface area contributed by atoms with Gasteiger partial charge in [0.2, 0.25) is 5.91 Å². The van der Waals surface area contributed by atoms with E-state index in [1.165, 1.54) is 0 Å². The number of aliphatic hydroxyl groups excluding tert-OH is 2. The summed E-state index contributed by atoms with van der Waals surface area (Å²) in [5.74, 6) is -0.0833. The number of carbonyl (C=O) groups excluding carboxylic acids is 1. The van der Waals surface area contributed by atoms with Gasteiger partial charge in [0.15, 0.2) is 0 Å². The summed E-state index contributed by atoms with van der Waals surface area (Å²) in [6.45, 7) is 1.87. The molecule has 0 radical (unpaired) electrons. The summed E-state index contributed by atoms with van der Waals surface area (Å²) in [5, 5.41) is 19.7. The van der Waals surface area contributed by atoms with Gasteiger partial charge in [-0.15, -0.1) is 0 Å². The molecule has 3 rings (SSSR count). The molecule has 2 aromatic carbocycles. The minimum atomic E-state index is -0.185. The van der Waals surface area contributed by atoms with E-state index in [0.717, 1.165) is 16.7 Å². The molecule has 0 unspecified atom stereocenters. The molecule has 1 heterocycles. The zero-order valence-corrected chi connectivity index (χ0v) is 15.7. The van der Waals surface area contributed by atoms with Gasteiger partial charge in [0.05, 0.1) is 26.4 Å². The van der Waals surface area contributed by atoms with Crippen LogP contribution in [0.3, 0.4) is 0 Å². The van der Waals surface area contributed by atoms with Gasteiger partial charge in [-0.05, 0) is 46.0 Å². The van der Waals surface area contributed by atoms with Crippen molar-refractivity contribution in [3.8, 4) is 0 Å². The average molecular weight is 388 g/mol. The molecule has 1 fully saturated rings. The maximum absolute atomic E-state index is 12.8. The number of aliphatic hydroxyl groups is 2. The summed E-state index contributed by atoms with van der Waals surface area (Å²) >= 11 is 6.01. The molecule has 0 spiro atoms. The Morgan fingerprint density at radius 3 is 2.26 bits per heavy atom. The quantitative estimate of drug-likeness (QED) is 0.774. The molecule has 0 atom stereocenters. The number of hydrogen-bond donors (Lipinski definition) is 2. The summed E-state index contributed by atoms with van der Waals surface area (Å²) in [4.78, 5) is 14.5. The van der Waals surface area contributed by atoms with Crippen LogP contribution in [0.15, 0.2) is 48.5 Å². The molecule has 0 aromatic heterocycles. The molecule has 6 heteroatoms. The van der Waals surface area contributed by atoms with Crippen LogP contribution in [0.4, 0.5) is 0 Å². The van der Waals surface area contributed by atoms with Crippen LogP contribution >= 0.6 is 11.6 Å². The van der Waals surface area contributed by atoms with Crippen LogP contribution in [0, 0.1) is 0 Å². The molecule has 0 aliphatic carbocycles. The standard InChI is InChI=1S/C21H22ClNO4/c22-19-5-3-15(4-6-19)20(12-21(26)23-7-9-27-10-8-23)16-1-2-17(13-24)18(11-16)14-25/h1-6,11-12,24-25H,7-10,13-14H2/b20-12+. The zero-order chi connectivity index (χ0) is 19.2. The lowest BCUT2D eigenvalue weighted by atomic mass is 9.94. The number of carbonyl (C=O) groups is 1. The minimum absolute atomic E-state index is 0.0833. The smallest absolute Gasteiger partial charge is 0.247 e. The van der Waals surface area contributed by atoms with Crippen molar-refractivity contribution in [1.82, 2.24) is 4.90 Å². The van der Waals surface area contributed by atoms with Crippen LogP contribution in [-0.4, -0.2) is 47.3 Å². The Morgan fingerprint density at radius 2 is 1.63 bits per heavy atom. The molecule has 142 valence electrons. The lowest BCUT2D eigenvalue weighted by molar-refractivity contribution is -0.129. The van der Waals surface area contributed by atoms with Gasteiger partial charge in [0.25, 0.3) is 0 Å². The van der Waals surface area contributed by atoms with Gasteiger partial charge in [-0.25, -0.2) is 0 Å². The SMILES string of the molecule is O=C(/C=C(\c1ccc(Cl)cc1)c1ccc(CO)c(CO)c1)N1CCOCC1. The Hall–Kier alpha value is -2.18. The Kier molecular flexibility index (Phi) is 6.63. The summed E-state index contributed by atoms with van der Waals surface area (Å²) in [5.41, 5.74) is 3.68. The number of benzene rings is 2. The van der Waals surface area contributed by atoms with Gasteiger partial charge < -0.3 is 19.8 Å². The van der Waals surface area contributed by atoms with E-state index < -0.39 is 0 Å². The predicted octanol–water partition coefficient (Wildman–Crippen LogP) is 2.62. The van der Waals surface area contributed by atoms with Gasteiger partial charge in [-0.2, -0.15) is 0 Å². The molecular formula is C21H22ClNO4. The topological polar surface area (TPSA) is 70.0 Å². The molecule has 1 saturated heterocycles. The third-order valence-electron chi connectivity index (χ3n) is 4.60. The van der Waals surface area contributed by atoms with E-state index in [1.807, 2.05) is 18.2 Å². The Labute approximate surface area is 163 Å². The Morgan fingerprint density at radius 1 is 1.00 bits per heavy atom. The highest BCUT2D eigenvalue weighted by atomic mass is 35.5. The maximum Gasteiger partial charge on any atom is 0.247 e. The number of morpholine rings is 1.